The normalized spacial score (nSPS) is 18.9. The summed E-state index contributed by atoms with van der Waals surface area (Å²) < 4.78 is 21.6. The van der Waals surface area contributed by atoms with Crippen LogP contribution in [0.3, 0.4) is 0 Å². The minimum Gasteiger partial charge on any atom is -0.436 e. The first-order chi connectivity index (χ1) is 18.8. The molecule has 1 aromatic heterocycles. The fourth-order valence-electron chi connectivity index (χ4n) is 5.34. The average Bonchev–Trinajstić information content (AvgIpc) is 3.55. The molecular weight excluding hydrogens is 567 g/mol. The number of nitrogens with zero attached hydrogens (tertiary/aromatic N) is 3. The number of halogens is 2. The van der Waals surface area contributed by atoms with Crippen LogP contribution in [0.1, 0.15) is 40.9 Å². The molecule has 1 saturated heterocycles. The zero-order chi connectivity index (χ0) is 27.3. The highest BCUT2D eigenvalue weighted by molar-refractivity contribution is 9.10. The molecule has 3 amide bonds. The summed E-state index contributed by atoms with van der Waals surface area (Å²) in [6, 6.07) is 15.3. The van der Waals surface area contributed by atoms with E-state index in [1.807, 2.05) is 24.0 Å². The third kappa shape index (κ3) is 4.79. The van der Waals surface area contributed by atoms with Crippen LogP contribution in [0.15, 0.2) is 63.5 Å². The Hall–Kier alpha value is -3.76. The van der Waals surface area contributed by atoms with Crippen LogP contribution in [0, 0.1) is 5.82 Å². The minimum absolute atomic E-state index is 0.0635. The number of fused-ring (bicyclic) bond motifs is 2. The third-order valence-electron chi connectivity index (χ3n) is 7.45. The second-order valence-electron chi connectivity index (χ2n) is 9.96. The van der Waals surface area contributed by atoms with E-state index in [9.17, 15) is 14.7 Å². The van der Waals surface area contributed by atoms with Crippen molar-refractivity contribution in [2.24, 2.45) is 0 Å². The monoisotopic (exact) mass is 592 g/mol. The van der Waals surface area contributed by atoms with E-state index in [0.29, 0.717) is 40.6 Å². The first-order valence-electron chi connectivity index (χ1n) is 12.8. The van der Waals surface area contributed by atoms with Crippen molar-refractivity contribution in [1.82, 2.24) is 14.8 Å². The van der Waals surface area contributed by atoms with E-state index >= 15 is 4.39 Å². The molecule has 0 unspecified atom stereocenters. The maximum absolute atomic E-state index is 15.1. The van der Waals surface area contributed by atoms with Gasteiger partial charge in [-0.1, -0.05) is 24.3 Å². The van der Waals surface area contributed by atoms with Crippen molar-refractivity contribution in [3.05, 3.63) is 81.6 Å². The summed E-state index contributed by atoms with van der Waals surface area (Å²) in [6.07, 6.45) is 0.772. The van der Waals surface area contributed by atoms with Gasteiger partial charge in [0.1, 0.15) is 11.3 Å². The standard InChI is InChI=1S/C29H26BrFN4O4/c1-16-21-5-3-2-4-17(21)8-11-35(16)28(37)18-12-23(30)26-25(13-18)39-27(33-26)22-7-6-19(14-24(22)31)32-29(38)34-10-9-20(36)15-34/h2-7,12-14,16,20,36H,8-11,15H2,1H3,(H,32,38)/t16-,20-/m1/s1. The number of aromatic nitrogens is 1. The van der Waals surface area contributed by atoms with E-state index in [1.54, 1.807) is 18.2 Å². The number of benzene rings is 3. The van der Waals surface area contributed by atoms with Crippen LogP contribution in [-0.4, -0.2) is 57.6 Å². The van der Waals surface area contributed by atoms with Crippen LogP contribution in [0.4, 0.5) is 14.9 Å². The van der Waals surface area contributed by atoms with E-state index in [4.69, 9.17) is 4.42 Å². The number of hydrogen-bond donors (Lipinski definition) is 2. The minimum atomic E-state index is -0.617. The lowest BCUT2D eigenvalue weighted by molar-refractivity contribution is 0.0677. The summed E-state index contributed by atoms with van der Waals surface area (Å²) in [6.45, 7) is 3.33. The van der Waals surface area contributed by atoms with Gasteiger partial charge in [0.2, 0.25) is 5.89 Å². The first-order valence-corrected chi connectivity index (χ1v) is 13.6. The summed E-state index contributed by atoms with van der Waals surface area (Å²) >= 11 is 3.50. The Balaban J connectivity index is 1.24. The van der Waals surface area contributed by atoms with Gasteiger partial charge >= 0.3 is 6.03 Å². The molecule has 2 aliphatic heterocycles. The van der Waals surface area contributed by atoms with Crippen molar-refractivity contribution in [2.75, 3.05) is 25.0 Å². The van der Waals surface area contributed by atoms with Gasteiger partial charge in [-0.3, -0.25) is 4.79 Å². The maximum Gasteiger partial charge on any atom is 0.321 e. The van der Waals surface area contributed by atoms with Crippen LogP contribution < -0.4 is 5.32 Å². The second kappa shape index (κ2) is 10.1. The molecule has 6 rings (SSSR count). The van der Waals surface area contributed by atoms with Crippen molar-refractivity contribution in [3.8, 4) is 11.5 Å². The Bertz CT molecular complexity index is 1610. The number of nitrogens with one attached hydrogen (secondary N) is 1. The lowest BCUT2D eigenvalue weighted by Crippen LogP contribution is -2.38. The number of aliphatic hydroxyl groups excluding tert-OH is 1. The number of urea groups is 1. The van der Waals surface area contributed by atoms with Crippen LogP contribution in [0.5, 0.6) is 0 Å². The number of oxazole rings is 1. The van der Waals surface area contributed by atoms with Crippen LogP contribution >= 0.6 is 15.9 Å². The second-order valence-corrected chi connectivity index (χ2v) is 10.8. The number of rotatable bonds is 3. The average molecular weight is 593 g/mol. The summed E-state index contributed by atoms with van der Waals surface area (Å²) in [5.74, 6) is -0.669. The molecule has 4 aromatic rings. The highest BCUT2D eigenvalue weighted by Crippen LogP contribution is 2.35. The number of carbonyl (C=O) groups is 2. The number of β-amino-alcohol motifs (C(OH)–C–C–N with tert-alkyl or cyclic N) is 1. The van der Waals surface area contributed by atoms with Gasteiger partial charge < -0.3 is 24.6 Å². The highest BCUT2D eigenvalue weighted by atomic mass is 79.9. The molecule has 39 heavy (non-hydrogen) atoms. The van der Waals surface area contributed by atoms with E-state index in [1.165, 1.54) is 22.6 Å². The lowest BCUT2D eigenvalue weighted by Gasteiger charge is -2.35. The van der Waals surface area contributed by atoms with Gasteiger partial charge in [0.05, 0.1) is 17.7 Å². The number of likely N-dealkylation sites (tertiary alicyclic amines) is 1. The largest absolute Gasteiger partial charge is 0.436 e. The van der Waals surface area contributed by atoms with Crippen LogP contribution in [0.25, 0.3) is 22.6 Å². The SMILES string of the molecule is C[C@@H]1c2ccccc2CCN1C(=O)c1cc(Br)c2nc(-c3ccc(NC(=O)N4CC[C@@H](O)C4)cc3F)oc2c1. The van der Waals surface area contributed by atoms with Gasteiger partial charge in [-0.05, 0) is 77.2 Å². The lowest BCUT2D eigenvalue weighted by atomic mass is 9.93. The number of hydrogen-bond acceptors (Lipinski definition) is 5. The summed E-state index contributed by atoms with van der Waals surface area (Å²) in [5.41, 5.74) is 4.10. The van der Waals surface area contributed by atoms with Gasteiger partial charge in [0.25, 0.3) is 5.91 Å². The smallest absolute Gasteiger partial charge is 0.321 e. The number of carbonyl (C=O) groups excluding carboxylic acids is 2. The number of amides is 3. The Labute approximate surface area is 232 Å². The van der Waals surface area contributed by atoms with Crippen LogP contribution in [-0.2, 0) is 6.42 Å². The molecule has 2 atom stereocenters. The topological polar surface area (TPSA) is 98.9 Å². The zero-order valence-corrected chi connectivity index (χ0v) is 22.7. The van der Waals surface area contributed by atoms with Crippen molar-refractivity contribution in [3.63, 3.8) is 0 Å². The number of aliphatic hydroxyl groups is 1. The van der Waals surface area contributed by atoms with E-state index in [0.717, 1.165) is 12.0 Å². The molecule has 2 N–H and O–H groups in total. The molecule has 3 heterocycles. The number of anilines is 1. The predicted molar refractivity (Wildman–Crippen MR) is 148 cm³/mol. The summed E-state index contributed by atoms with van der Waals surface area (Å²) in [7, 11) is 0. The molecule has 0 aliphatic carbocycles. The van der Waals surface area contributed by atoms with E-state index < -0.39 is 18.0 Å². The molecule has 1 fully saturated rings. The molecular formula is C29H26BrFN4O4. The van der Waals surface area contributed by atoms with Gasteiger partial charge in [0.15, 0.2) is 5.58 Å². The molecule has 0 radical (unpaired) electrons. The van der Waals surface area contributed by atoms with Crippen molar-refractivity contribution in [1.29, 1.82) is 0 Å². The van der Waals surface area contributed by atoms with E-state index in [2.05, 4.69) is 38.4 Å². The molecule has 0 bridgehead atoms. The molecule has 2 aliphatic rings. The quantitative estimate of drug-likeness (QED) is 0.315. The molecule has 200 valence electrons. The Morgan fingerprint density at radius 1 is 1.15 bits per heavy atom. The fourth-order valence-corrected chi connectivity index (χ4v) is 5.87. The predicted octanol–water partition coefficient (Wildman–Crippen LogP) is 5.75. The summed E-state index contributed by atoms with van der Waals surface area (Å²) in [5, 5.41) is 12.3. The van der Waals surface area contributed by atoms with Crippen molar-refractivity contribution < 1.29 is 23.5 Å². The molecule has 0 saturated carbocycles. The van der Waals surface area contributed by atoms with Gasteiger partial charge in [-0.2, -0.15) is 0 Å². The molecule has 10 heteroatoms. The maximum atomic E-state index is 15.1. The van der Waals surface area contributed by atoms with Crippen molar-refractivity contribution >= 4 is 44.7 Å². The Morgan fingerprint density at radius 2 is 1.97 bits per heavy atom. The van der Waals surface area contributed by atoms with Gasteiger partial charge in [-0.15, -0.1) is 0 Å². The highest BCUT2D eigenvalue weighted by Gasteiger charge is 2.29. The first kappa shape index (κ1) is 25.5. The Kier molecular flexibility index (Phi) is 6.60. The van der Waals surface area contributed by atoms with E-state index in [-0.39, 0.29) is 35.6 Å². The van der Waals surface area contributed by atoms with Gasteiger partial charge in [-0.25, -0.2) is 14.2 Å². The van der Waals surface area contributed by atoms with Gasteiger partial charge in [0, 0.05) is 35.4 Å². The Morgan fingerprint density at radius 3 is 2.74 bits per heavy atom. The zero-order valence-electron chi connectivity index (χ0n) is 21.2. The molecule has 3 aromatic carbocycles. The molecule has 8 nitrogen and oxygen atoms in total. The third-order valence-corrected chi connectivity index (χ3v) is 8.06. The molecule has 0 spiro atoms. The fraction of sp³-hybridized carbons (Fsp3) is 0.276. The van der Waals surface area contributed by atoms with Crippen molar-refractivity contribution in [2.45, 2.75) is 31.9 Å². The summed E-state index contributed by atoms with van der Waals surface area (Å²) in [4.78, 5) is 33.7. The van der Waals surface area contributed by atoms with Crippen LogP contribution in [0.2, 0.25) is 0 Å².